The van der Waals surface area contributed by atoms with Gasteiger partial charge in [0.25, 0.3) is 0 Å². The summed E-state index contributed by atoms with van der Waals surface area (Å²) in [6.07, 6.45) is -0.244. The number of carbonyl (C=O) groups excluding carboxylic acids is 1. The Labute approximate surface area is 168 Å². The summed E-state index contributed by atoms with van der Waals surface area (Å²) in [5, 5.41) is 21.0. The molecule has 0 radical (unpaired) electrons. The van der Waals surface area contributed by atoms with Crippen LogP contribution >= 0.6 is 11.8 Å². The van der Waals surface area contributed by atoms with Crippen LogP contribution in [0.15, 0.2) is 48.5 Å². The Hall–Kier alpha value is -2.98. The normalized spacial score (nSPS) is 12.5. The third kappa shape index (κ3) is 6.03. The van der Waals surface area contributed by atoms with Gasteiger partial charge in [-0.3, -0.25) is 9.59 Å². The maximum Gasteiger partial charge on any atom is 0.306 e. The first-order valence-electron chi connectivity index (χ1n) is 8.60. The molecule has 2 rings (SSSR count). The minimum absolute atomic E-state index is 0.194. The molecule has 0 aromatic heterocycles. The molecule has 2 N–H and O–H groups in total. The topological polar surface area (TPSA) is 99.4 Å². The molecule has 0 fully saturated rings. The fraction of sp³-hybridized carbons (Fsp3) is 0.286. The molecule has 0 aliphatic heterocycles. The average molecular weight is 398 g/mol. The fourth-order valence-corrected chi connectivity index (χ4v) is 3.56. The van der Waals surface area contributed by atoms with Crippen LogP contribution < -0.4 is 10.1 Å². The SMILES string of the molecule is COc1cccc(C(C)(CC(=O)O)NC(=O)CSCc2ccc(C#N)cc2)c1. The number of nitrogens with zero attached hydrogens (tertiary/aromatic N) is 1. The first-order valence-corrected chi connectivity index (χ1v) is 9.76. The second-order valence-electron chi connectivity index (χ2n) is 6.48. The Bertz CT molecular complexity index is 877. The Morgan fingerprint density at radius 1 is 1.25 bits per heavy atom. The third-order valence-electron chi connectivity index (χ3n) is 4.21. The summed E-state index contributed by atoms with van der Waals surface area (Å²) < 4.78 is 5.21. The molecule has 2 aromatic carbocycles. The molecule has 0 saturated heterocycles. The van der Waals surface area contributed by atoms with Gasteiger partial charge in [0, 0.05) is 5.75 Å². The van der Waals surface area contributed by atoms with Crippen LogP contribution in [0.2, 0.25) is 0 Å². The number of nitriles is 1. The van der Waals surface area contributed by atoms with Crippen molar-refractivity contribution in [3.05, 3.63) is 65.2 Å². The molecule has 0 bridgehead atoms. The quantitative estimate of drug-likeness (QED) is 0.672. The summed E-state index contributed by atoms with van der Waals surface area (Å²) in [7, 11) is 1.53. The number of carbonyl (C=O) groups is 2. The van der Waals surface area contributed by atoms with Crippen LogP contribution in [0.5, 0.6) is 5.75 Å². The summed E-state index contributed by atoms with van der Waals surface area (Å²) in [4.78, 5) is 23.8. The number of methoxy groups -OCH3 is 1. The van der Waals surface area contributed by atoms with Crippen molar-refractivity contribution in [1.82, 2.24) is 5.32 Å². The number of benzene rings is 2. The lowest BCUT2D eigenvalue weighted by molar-refractivity contribution is -0.139. The van der Waals surface area contributed by atoms with E-state index in [4.69, 9.17) is 10.00 Å². The van der Waals surface area contributed by atoms with Crippen LogP contribution in [0.4, 0.5) is 0 Å². The second-order valence-corrected chi connectivity index (χ2v) is 7.47. The van der Waals surface area contributed by atoms with Crippen molar-refractivity contribution in [3.63, 3.8) is 0 Å². The fourth-order valence-electron chi connectivity index (χ4n) is 2.77. The van der Waals surface area contributed by atoms with E-state index < -0.39 is 11.5 Å². The summed E-state index contributed by atoms with van der Waals surface area (Å²) >= 11 is 1.42. The number of hydrogen-bond acceptors (Lipinski definition) is 5. The number of hydrogen-bond donors (Lipinski definition) is 2. The van der Waals surface area contributed by atoms with Gasteiger partial charge in [-0.1, -0.05) is 24.3 Å². The van der Waals surface area contributed by atoms with Gasteiger partial charge < -0.3 is 15.2 Å². The Morgan fingerprint density at radius 2 is 1.96 bits per heavy atom. The van der Waals surface area contributed by atoms with Crippen LogP contribution in [0.3, 0.4) is 0 Å². The average Bonchev–Trinajstić information content (AvgIpc) is 2.68. The molecule has 0 aliphatic carbocycles. The molecule has 1 unspecified atom stereocenters. The zero-order chi connectivity index (χ0) is 20.6. The predicted molar refractivity (Wildman–Crippen MR) is 108 cm³/mol. The molecule has 6 nitrogen and oxygen atoms in total. The molecule has 0 spiro atoms. The van der Waals surface area contributed by atoms with E-state index in [2.05, 4.69) is 11.4 Å². The summed E-state index contributed by atoms with van der Waals surface area (Å²) in [5.74, 6) is 0.159. The van der Waals surface area contributed by atoms with Crippen LogP contribution in [0, 0.1) is 11.3 Å². The van der Waals surface area contributed by atoms with Gasteiger partial charge in [0.2, 0.25) is 5.91 Å². The van der Waals surface area contributed by atoms with Gasteiger partial charge in [-0.2, -0.15) is 5.26 Å². The van der Waals surface area contributed by atoms with Crippen molar-refractivity contribution in [2.45, 2.75) is 24.6 Å². The standard InChI is InChI=1S/C21H22N2O4S/c1-21(11-20(25)26,17-4-3-5-18(10-17)27-2)23-19(24)14-28-13-16-8-6-15(12-22)7-9-16/h3-10H,11,13-14H2,1-2H3,(H,23,24)(H,25,26). The lowest BCUT2D eigenvalue weighted by atomic mass is 9.88. The van der Waals surface area contributed by atoms with E-state index in [-0.39, 0.29) is 18.1 Å². The minimum atomic E-state index is -1.05. The summed E-state index contributed by atoms with van der Waals surface area (Å²) in [6.45, 7) is 1.69. The number of ether oxygens (including phenoxy) is 1. The van der Waals surface area contributed by atoms with Crippen LogP contribution in [-0.4, -0.2) is 29.8 Å². The third-order valence-corrected chi connectivity index (χ3v) is 5.22. The van der Waals surface area contributed by atoms with Gasteiger partial charge in [-0.15, -0.1) is 11.8 Å². The minimum Gasteiger partial charge on any atom is -0.497 e. The number of carboxylic acid groups (broad SMARTS) is 1. The van der Waals surface area contributed by atoms with E-state index in [1.165, 1.54) is 18.9 Å². The number of rotatable bonds is 9. The van der Waals surface area contributed by atoms with Crippen molar-refractivity contribution in [3.8, 4) is 11.8 Å². The maximum absolute atomic E-state index is 12.5. The second kappa shape index (κ2) is 9.81. The Kier molecular flexibility index (Phi) is 7.47. The van der Waals surface area contributed by atoms with E-state index in [0.29, 0.717) is 22.6 Å². The Morgan fingerprint density at radius 3 is 2.57 bits per heavy atom. The number of nitrogens with one attached hydrogen (secondary N) is 1. The summed E-state index contributed by atoms with van der Waals surface area (Å²) in [6, 6.07) is 16.3. The van der Waals surface area contributed by atoms with Gasteiger partial charge in [0.1, 0.15) is 5.75 Å². The van der Waals surface area contributed by atoms with Crippen molar-refractivity contribution in [2.75, 3.05) is 12.9 Å². The molecule has 0 heterocycles. The predicted octanol–water partition coefficient (Wildman–Crippen LogP) is 3.31. The Balaban J connectivity index is 2.01. The lowest BCUT2D eigenvalue weighted by Crippen LogP contribution is -2.45. The molecule has 28 heavy (non-hydrogen) atoms. The molecule has 146 valence electrons. The smallest absolute Gasteiger partial charge is 0.306 e. The first-order chi connectivity index (χ1) is 13.4. The van der Waals surface area contributed by atoms with E-state index >= 15 is 0 Å². The highest BCUT2D eigenvalue weighted by Gasteiger charge is 2.31. The van der Waals surface area contributed by atoms with Crippen molar-refractivity contribution in [2.24, 2.45) is 0 Å². The molecule has 1 atom stereocenters. The highest BCUT2D eigenvalue weighted by atomic mass is 32.2. The largest absolute Gasteiger partial charge is 0.497 e. The van der Waals surface area contributed by atoms with Crippen LogP contribution in [0.1, 0.15) is 30.0 Å². The molecule has 1 amide bonds. The number of aliphatic carboxylic acids is 1. The molecular weight excluding hydrogens is 376 g/mol. The summed E-state index contributed by atoms with van der Waals surface area (Å²) in [5.41, 5.74) is 1.22. The van der Waals surface area contributed by atoms with Gasteiger partial charge in [-0.25, -0.2) is 0 Å². The number of thioether (sulfide) groups is 1. The van der Waals surface area contributed by atoms with E-state index in [1.54, 1.807) is 43.3 Å². The molecule has 0 aliphatic rings. The monoisotopic (exact) mass is 398 g/mol. The highest BCUT2D eigenvalue weighted by molar-refractivity contribution is 7.99. The van der Waals surface area contributed by atoms with Gasteiger partial charge >= 0.3 is 5.97 Å². The number of amides is 1. The van der Waals surface area contributed by atoms with Crippen molar-refractivity contribution >= 4 is 23.6 Å². The zero-order valence-corrected chi connectivity index (χ0v) is 16.6. The van der Waals surface area contributed by atoms with E-state index in [1.807, 2.05) is 12.1 Å². The van der Waals surface area contributed by atoms with Gasteiger partial charge in [-0.05, 0) is 42.3 Å². The molecule has 0 saturated carbocycles. The van der Waals surface area contributed by atoms with Gasteiger partial charge in [0.05, 0.1) is 36.5 Å². The van der Waals surface area contributed by atoms with Crippen molar-refractivity contribution < 1.29 is 19.4 Å². The van der Waals surface area contributed by atoms with Crippen LogP contribution in [0.25, 0.3) is 0 Å². The van der Waals surface area contributed by atoms with Gasteiger partial charge in [0.15, 0.2) is 0 Å². The van der Waals surface area contributed by atoms with Crippen LogP contribution in [-0.2, 0) is 20.9 Å². The maximum atomic E-state index is 12.5. The molecule has 7 heteroatoms. The molecular formula is C21H22N2O4S. The van der Waals surface area contributed by atoms with E-state index in [9.17, 15) is 14.7 Å². The highest BCUT2D eigenvalue weighted by Crippen LogP contribution is 2.28. The first kappa shape index (κ1) is 21.3. The lowest BCUT2D eigenvalue weighted by Gasteiger charge is -2.30. The number of carboxylic acids is 1. The van der Waals surface area contributed by atoms with Crippen molar-refractivity contribution in [1.29, 1.82) is 5.26 Å². The zero-order valence-electron chi connectivity index (χ0n) is 15.8. The molecule has 2 aromatic rings. The van der Waals surface area contributed by atoms with E-state index in [0.717, 1.165) is 5.56 Å².